The van der Waals surface area contributed by atoms with Crippen molar-refractivity contribution in [2.45, 2.75) is 39.1 Å². The van der Waals surface area contributed by atoms with E-state index in [2.05, 4.69) is 12.2 Å². The number of hydrogen-bond acceptors (Lipinski definition) is 2. The van der Waals surface area contributed by atoms with Gasteiger partial charge in [-0.2, -0.15) is 0 Å². The Balaban J connectivity index is 2.18. The summed E-state index contributed by atoms with van der Waals surface area (Å²) in [5.74, 6) is 0.844. The molecule has 0 amide bonds. The first kappa shape index (κ1) is 8.09. The van der Waals surface area contributed by atoms with E-state index in [4.69, 9.17) is 5.02 Å². The van der Waals surface area contributed by atoms with Crippen LogP contribution in [-0.2, 0) is 0 Å². The first-order valence-electron chi connectivity index (χ1n) is 4.12. The van der Waals surface area contributed by atoms with Crippen LogP contribution in [0, 0.1) is 5.92 Å². The Morgan fingerprint density at radius 2 is 2.20 bits per heavy atom. The molecule has 0 saturated heterocycles. The molecule has 2 nitrogen and oxygen atoms in total. The fourth-order valence-electron chi connectivity index (χ4n) is 1.70. The highest BCUT2D eigenvalue weighted by Gasteiger charge is 2.22. The van der Waals surface area contributed by atoms with Gasteiger partial charge in [0.05, 0.1) is 0 Å². The van der Waals surface area contributed by atoms with Gasteiger partial charge in [-0.1, -0.05) is 6.92 Å². The lowest BCUT2D eigenvalue weighted by Crippen LogP contribution is -2.38. The van der Waals surface area contributed by atoms with E-state index in [-0.39, 0.29) is 7.05 Å². The largest absolute Gasteiger partial charge is 0.437 e. The lowest BCUT2D eigenvalue weighted by atomic mass is 9.87. The molecule has 0 aromatic heterocycles. The molecule has 2 N–H and O–H groups in total. The third-order valence-corrected chi connectivity index (χ3v) is 2.17. The highest BCUT2D eigenvalue weighted by atomic mass is 16.2. The number of rotatable bonds is 2. The molecule has 1 rings (SSSR count). The summed E-state index contributed by atoms with van der Waals surface area (Å²) in [4.78, 5) is 0. The van der Waals surface area contributed by atoms with Crippen molar-refractivity contribution in [2.24, 2.45) is 5.92 Å². The minimum absolute atomic E-state index is 0.338. The van der Waals surface area contributed by atoms with E-state index in [9.17, 15) is 0 Å². The van der Waals surface area contributed by atoms with Crippen LogP contribution in [0.3, 0.4) is 0 Å². The van der Waals surface area contributed by atoms with Gasteiger partial charge in [-0.15, -0.1) is 0 Å². The van der Waals surface area contributed by atoms with Gasteiger partial charge in [0.25, 0.3) is 0 Å². The van der Waals surface area contributed by atoms with Crippen molar-refractivity contribution >= 4 is 7.05 Å². The molecule has 0 bridgehead atoms. The minimum atomic E-state index is -0.338. The molecule has 3 heteroatoms. The van der Waals surface area contributed by atoms with Crippen molar-refractivity contribution in [3.63, 3.8) is 0 Å². The minimum Gasteiger partial charge on any atom is -0.437 e. The van der Waals surface area contributed by atoms with Crippen LogP contribution in [0.25, 0.3) is 0 Å². The number of hydrogen-bond donors (Lipinski definition) is 2. The fourth-order valence-corrected chi connectivity index (χ4v) is 1.70. The van der Waals surface area contributed by atoms with E-state index in [0.29, 0.717) is 6.04 Å². The van der Waals surface area contributed by atoms with E-state index in [1.807, 2.05) is 0 Å². The van der Waals surface area contributed by atoms with Gasteiger partial charge in [0.2, 0.25) is 0 Å². The topological polar surface area (TPSA) is 32.3 Å². The standard InChI is InChI=1S/C7H16BNO/c1-6-3-4-7(5-6)9-8(2)10/h6-7,9-10H,3-5H2,1-2H3/t6-,7-/m1/s1. The summed E-state index contributed by atoms with van der Waals surface area (Å²) >= 11 is 0. The highest BCUT2D eigenvalue weighted by molar-refractivity contribution is 6.45. The van der Waals surface area contributed by atoms with Gasteiger partial charge in [0, 0.05) is 0 Å². The first-order valence-corrected chi connectivity index (χ1v) is 4.12. The van der Waals surface area contributed by atoms with Gasteiger partial charge in [0.1, 0.15) is 0 Å². The molecule has 0 heterocycles. The van der Waals surface area contributed by atoms with Gasteiger partial charge in [-0.3, -0.25) is 0 Å². The quantitative estimate of drug-likeness (QED) is 0.559. The monoisotopic (exact) mass is 141 g/mol. The fraction of sp³-hybridized carbons (Fsp3) is 1.00. The SMILES string of the molecule is CB(O)N[C@@H]1CC[C@@H](C)C1. The summed E-state index contributed by atoms with van der Waals surface area (Å²) in [5, 5.41) is 12.1. The molecule has 0 radical (unpaired) electrons. The van der Waals surface area contributed by atoms with E-state index < -0.39 is 0 Å². The van der Waals surface area contributed by atoms with E-state index in [1.165, 1.54) is 19.3 Å². The maximum Gasteiger partial charge on any atom is 0.373 e. The Hall–Kier alpha value is -0.0151. The van der Waals surface area contributed by atoms with E-state index >= 15 is 0 Å². The van der Waals surface area contributed by atoms with Crippen LogP contribution in [0.2, 0.25) is 6.82 Å². The van der Waals surface area contributed by atoms with E-state index in [1.54, 1.807) is 6.82 Å². The van der Waals surface area contributed by atoms with Crippen molar-refractivity contribution in [3.8, 4) is 0 Å². The van der Waals surface area contributed by atoms with Crippen molar-refractivity contribution < 1.29 is 5.02 Å². The lowest BCUT2D eigenvalue weighted by molar-refractivity contribution is 0.508. The molecule has 58 valence electrons. The average molecular weight is 141 g/mol. The Morgan fingerprint density at radius 3 is 2.60 bits per heavy atom. The molecule has 0 spiro atoms. The molecular formula is C7H16BNO. The molecule has 0 unspecified atom stereocenters. The van der Waals surface area contributed by atoms with Crippen molar-refractivity contribution in [1.82, 2.24) is 5.23 Å². The third-order valence-electron chi connectivity index (χ3n) is 2.17. The lowest BCUT2D eigenvalue weighted by Gasteiger charge is -2.11. The summed E-state index contributed by atoms with van der Waals surface area (Å²) in [6.45, 7) is 4.05. The summed E-state index contributed by atoms with van der Waals surface area (Å²) in [5.41, 5.74) is 0. The summed E-state index contributed by atoms with van der Waals surface area (Å²) in [7, 11) is -0.338. The highest BCUT2D eigenvalue weighted by Crippen LogP contribution is 2.24. The van der Waals surface area contributed by atoms with Gasteiger partial charge in [-0.05, 0) is 38.0 Å². The Bertz CT molecular complexity index is 108. The molecule has 10 heavy (non-hydrogen) atoms. The maximum absolute atomic E-state index is 8.99. The van der Waals surface area contributed by atoms with Crippen LogP contribution < -0.4 is 5.23 Å². The van der Waals surface area contributed by atoms with Gasteiger partial charge in [0.15, 0.2) is 0 Å². The maximum atomic E-state index is 8.99. The Morgan fingerprint density at radius 1 is 1.50 bits per heavy atom. The normalized spacial score (nSPS) is 32.7. The third kappa shape index (κ3) is 2.31. The predicted molar refractivity (Wildman–Crippen MR) is 43.8 cm³/mol. The van der Waals surface area contributed by atoms with Crippen LogP contribution in [-0.4, -0.2) is 18.1 Å². The molecule has 0 aromatic rings. The zero-order valence-electron chi connectivity index (χ0n) is 6.80. The van der Waals surface area contributed by atoms with Gasteiger partial charge in [-0.25, -0.2) is 0 Å². The number of nitrogens with one attached hydrogen (secondary N) is 1. The molecule has 0 aromatic carbocycles. The summed E-state index contributed by atoms with van der Waals surface area (Å²) < 4.78 is 0. The average Bonchev–Trinajstić information content (AvgIpc) is 2.13. The van der Waals surface area contributed by atoms with Crippen LogP contribution in [0.5, 0.6) is 0 Å². The first-order chi connectivity index (χ1) is 4.68. The van der Waals surface area contributed by atoms with Crippen LogP contribution in [0.1, 0.15) is 26.2 Å². The Labute approximate surface area is 63.1 Å². The second-order valence-corrected chi connectivity index (χ2v) is 3.46. The van der Waals surface area contributed by atoms with E-state index in [0.717, 1.165) is 5.92 Å². The molecule has 1 aliphatic carbocycles. The molecule has 1 aliphatic rings. The molecule has 0 aliphatic heterocycles. The van der Waals surface area contributed by atoms with Gasteiger partial charge < -0.3 is 10.3 Å². The smallest absolute Gasteiger partial charge is 0.373 e. The van der Waals surface area contributed by atoms with Crippen molar-refractivity contribution in [1.29, 1.82) is 0 Å². The van der Waals surface area contributed by atoms with Crippen LogP contribution >= 0.6 is 0 Å². The Kier molecular flexibility index (Phi) is 2.75. The molecule has 2 atom stereocenters. The molecule has 1 saturated carbocycles. The molecule has 1 fully saturated rings. The summed E-state index contributed by atoms with van der Waals surface area (Å²) in [6.07, 6.45) is 3.77. The predicted octanol–water partition coefficient (Wildman–Crippen LogP) is 0.875. The van der Waals surface area contributed by atoms with Crippen LogP contribution in [0.4, 0.5) is 0 Å². The summed E-state index contributed by atoms with van der Waals surface area (Å²) in [6, 6.07) is 0.565. The van der Waals surface area contributed by atoms with Gasteiger partial charge >= 0.3 is 7.05 Å². The van der Waals surface area contributed by atoms with Crippen molar-refractivity contribution in [3.05, 3.63) is 0 Å². The zero-order chi connectivity index (χ0) is 7.56. The second-order valence-electron chi connectivity index (χ2n) is 3.46. The van der Waals surface area contributed by atoms with Crippen molar-refractivity contribution in [2.75, 3.05) is 0 Å². The zero-order valence-corrected chi connectivity index (χ0v) is 6.80. The van der Waals surface area contributed by atoms with Crippen LogP contribution in [0.15, 0.2) is 0 Å². The molecular weight excluding hydrogens is 125 g/mol. The second kappa shape index (κ2) is 3.40.